The average Bonchev–Trinajstić information content (AvgIpc) is 3.26. The summed E-state index contributed by atoms with van der Waals surface area (Å²) < 4.78 is 22.0. The van der Waals surface area contributed by atoms with Crippen molar-refractivity contribution in [3.8, 4) is 22.4 Å². The van der Waals surface area contributed by atoms with Crippen LogP contribution in [-0.2, 0) is 4.74 Å². The minimum Gasteiger partial charge on any atom is -0.372 e. The molecule has 2 atom stereocenters. The van der Waals surface area contributed by atoms with Crippen LogP contribution in [0.15, 0.2) is 73.1 Å². The molecule has 176 valence electrons. The lowest BCUT2D eigenvalue weighted by molar-refractivity contribution is -0.00521. The van der Waals surface area contributed by atoms with E-state index in [1.165, 1.54) is 11.8 Å². The Morgan fingerprint density at radius 2 is 1.69 bits per heavy atom. The molecule has 1 fully saturated rings. The smallest absolute Gasteiger partial charge is 0.137 e. The number of anilines is 1. The standard InChI is InChI=1S/C29H27FN4O/c1-18-12-26(25-14-23(30)6-9-27(25)32-18)28-15-31-29-13-22(10-11-34(28)29)21-4-7-24(8-5-21)33-16-19(2)35-20(3)17-33/h4-15,19-20H,16-17H2,1-3H3/t19-,20+. The summed E-state index contributed by atoms with van der Waals surface area (Å²) in [6.45, 7) is 8.00. The number of ether oxygens (including phenoxy) is 1. The van der Waals surface area contributed by atoms with Gasteiger partial charge in [0.05, 0.1) is 29.6 Å². The lowest BCUT2D eigenvalue weighted by Gasteiger charge is -2.36. The molecule has 0 bridgehead atoms. The molecule has 4 heterocycles. The maximum atomic E-state index is 14.0. The molecule has 1 aliphatic heterocycles. The zero-order valence-corrected chi connectivity index (χ0v) is 20.1. The molecule has 6 heteroatoms. The minimum absolute atomic E-state index is 0.230. The predicted octanol–water partition coefficient (Wildman–Crippen LogP) is 6.28. The fraction of sp³-hybridized carbons (Fsp3) is 0.241. The number of benzene rings is 2. The Labute approximate surface area is 203 Å². The number of imidazole rings is 1. The van der Waals surface area contributed by atoms with Gasteiger partial charge in [0.2, 0.25) is 0 Å². The molecule has 35 heavy (non-hydrogen) atoms. The van der Waals surface area contributed by atoms with E-state index in [2.05, 4.69) is 65.1 Å². The van der Waals surface area contributed by atoms with Crippen LogP contribution in [0.5, 0.6) is 0 Å². The summed E-state index contributed by atoms with van der Waals surface area (Å²) in [7, 11) is 0. The lowest BCUT2D eigenvalue weighted by Crippen LogP contribution is -2.45. The largest absolute Gasteiger partial charge is 0.372 e. The Morgan fingerprint density at radius 1 is 0.914 bits per heavy atom. The van der Waals surface area contributed by atoms with E-state index in [-0.39, 0.29) is 18.0 Å². The van der Waals surface area contributed by atoms with Gasteiger partial charge in [0.1, 0.15) is 11.5 Å². The maximum absolute atomic E-state index is 14.0. The van der Waals surface area contributed by atoms with Gasteiger partial charge in [-0.3, -0.25) is 9.38 Å². The highest BCUT2D eigenvalue weighted by Crippen LogP contribution is 2.32. The normalized spacial score (nSPS) is 18.5. The van der Waals surface area contributed by atoms with Crippen LogP contribution in [0.4, 0.5) is 10.1 Å². The SMILES string of the molecule is Cc1cc(-c2cnc3cc(-c4ccc(N5C[C@@H](C)O[C@@H](C)C5)cc4)ccn23)c2cc(F)ccc2n1. The maximum Gasteiger partial charge on any atom is 0.137 e. The van der Waals surface area contributed by atoms with Crippen molar-refractivity contribution in [3.05, 3.63) is 84.6 Å². The number of morpholine rings is 1. The number of nitrogens with zero attached hydrogens (tertiary/aromatic N) is 4. The molecule has 6 rings (SSSR count). The summed E-state index contributed by atoms with van der Waals surface area (Å²) in [5, 5.41) is 0.781. The predicted molar refractivity (Wildman–Crippen MR) is 138 cm³/mol. The molecular weight excluding hydrogens is 439 g/mol. The van der Waals surface area contributed by atoms with Crippen molar-refractivity contribution in [2.45, 2.75) is 33.0 Å². The second kappa shape index (κ2) is 8.47. The summed E-state index contributed by atoms with van der Waals surface area (Å²) in [6.07, 6.45) is 4.34. The summed E-state index contributed by atoms with van der Waals surface area (Å²) in [5.74, 6) is -0.273. The number of rotatable bonds is 3. The van der Waals surface area contributed by atoms with E-state index in [4.69, 9.17) is 4.74 Å². The third-order valence-corrected chi connectivity index (χ3v) is 6.67. The minimum atomic E-state index is -0.273. The number of aryl methyl sites for hydroxylation is 1. The first-order chi connectivity index (χ1) is 16.9. The first-order valence-electron chi connectivity index (χ1n) is 12.0. The number of aromatic nitrogens is 3. The molecule has 0 unspecified atom stereocenters. The van der Waals surface area contributed by atoms with Gasteiger partial charge in [0, 0.05) is 41.6 Å². The van der Waals surface area contributed by atoms with Crippen LogP contribution in [0, 0.1) is 12.7 Å². The zero-order chi connectivity index (χ0) is 24.1. The van der Waals surface area contributed by atoms with E-state index in [0.29, 0.717) is 0 Å². The molecule has 0 spiro atoms. The van der Waals surface area contributed by atoms with E-state index in [9.17, 15) is 4.39 Å². The van der Waals surface area contributed by atoms with E-state index in [0.717, 1.165) is 57.7 Å². The van der Waals surface area contributed by atoms with Gasteiger partial charge >= 0.3 is 0 Å². The fourth-order valence-electron chi connectivity index (χ4n) is 5.16. The van der Waals surface area contributed by atoms with Gasteiger partial charge in [-0.05, 0) is 80.4 Å². The molecule has 2 aromatic carbocycles. The molecule has 0 aliphatic carbocycles. The van der Waals surface area contributed by atoms with Crippen molar-refractivity contribution in [2.75, 3.05) is 18.0 Å². The Kier molecular flexibility index (Phi) is 5.26. The summed E-state index contributed by atoms with van der Waals surface area (Å²) in [4.78, 5) is 11.6. The highest BCUT2D eigenvalue weighted by atomic mass is 19.1. The van der Waals surface area contributed by atoms with Crippen molar-refractivity contribution in [3.63, 3.8) is 0 Å². The van der Waals surface area contributed by atoms with Crippen LogP contribution in [0.1, 0.15) is 19.5 Å². The Bertz CT molecular complexity index is 1530. The molecule has 3 aromatic heterocycles. The third-order valence-electron chi connectivity index (χ3n) is 6.67. The van der Waals surface area contributed by atoms with Gasteiger partial charge in [0.15, 0.2) is 0 Å². The molecule has 0 amide bonds. The van der Waals surface area contributed by atoms with Crippen LogP contribution in [0.3, 0.4) is 0 Å². The number of hydrogen-bond donors (Lipinski definition) is 0. The van der Waals surface area contributed by atoms with Gasteiger partial charge in [0.25, 0.3) is 0 Å². The fourth-order valence-corrected chi connectivity index (χ4v) is 5.16. The van der Waals surface area contributed by atoms with Crippen molar-refractivity contribution in [1.29, 1.82) is 0 Å². The average molecular weight is 467 g/mol. The topological polar surface area (TPSA) is 42.7 Å². The first-order valence-corrected chi connectivity index (χ1v) is 12.0. The number of halogens is 1. The Balaban J connectivity index is 1.35. The first kappa shape index (κ1) is 21.7. The van der Waals surface area contributed by atoms with E-state index >= 15 is 0 Å². The van der Waals surface area contributed by atoms with Gasteiger partial charge in [-0.1, -0.05) is 12.1 Å². The van der Waals surface area contributed by atoms with Crippen molar-refractivity contribution in [2.24, 2.45) is 0 Å². The molecule has 5 nitrogen and oxygen atoms in total. The van der Waals surface area contributed by atoms with Gasteiger partial charge in [-0.25, -0.2) is 9.37 Å². The van der Waals surface area contributed by atoms with E-state index in [1.807, 2.05) is 29.8 Å². The van der Waals surface area contributed by atoms with Gasteiger partial charge in [-0.2, -0.15) is 0 Å². The summed E-state index contributed by atoms with van der Waals surface area (Å²) in [5.41, 5.74) is 7.80. The molecule has 5 aromatic rings. The summed E-state index contributed by atoms with van der Waals surface area (Å²) in [6, 6.07) is 19.6. The van der Waals surface area contributed by atoms with Gasteiger partial charge < -0.3 is 9.64 Å². The van der Waals surface area contributed by atoms with Gasteiger partial charge in [-0.15, -0.1) is 0 Å². The number of pyridine rings is 2. The monoisotopic (exact) mass is 466 g/mol. The second-order valence-electron chi connectivity index (χ2n) is 9.47. The Hall–Kier alpha value is -3.77. The third kappa shape index (κ3) is 4.04. The van der Waals surface area contributed by atoms with Crippen molar-refractivity contribution >= 4 is 22.2 Å². The number of fused-ring (bicyclic) bond motifs is 2. The van der Waals surface area contributed by atoms with Crippen LogP contribution in [0.2, 0.25) is 0 Å². The quantitative estimate of drug-likeness (QED) is 0.314. The zero-order valence-electron chi connectivity index (χ0n) is 20.1. The van der Waals surface area contributed by atoms with Crippen molar-refractivity contribution < 1.29 is 9.13 Å². The van der Waals surface area contributed by atoms with Crippen LogP contribution in [-0.4, -0.2) is 39.7 Å². The molecule has 0 N–H and O–H groups in total. The van der Waals surface area contributed by atoms with Crippen LogP contribution >= 0.6 is 0 Å². The van der Waals surface area contributed by atoms with Crippen molar-refractivity contribution in [1.82, 2.24) is 14.4 Å². The highest BCUT2D eigenvalue weighted by Gasteiger charge is 2.22. The van der Waals surface area contributed by atoms with E-state index < -0.39 is 0 Å². The van der Waals surface area contributed by atoms with E-state index in [1.54, 1.807) is 12.1 Å². The van der Waals surface area contributed by atoms with Crippen LogP contribution in [0.25, 0.3) is 38.9 Å². The molecule has 0 radical (unpaired) electrons. The molecule has 1 aliphatic rings. The highest BCUT2D eigenvalue weighted by molar-refractivity contribution is 5.94. The Morgan fingerprint density at radius 3 is 2.46 bits per heavy atom. The molecular formula is C29H27FN4O. The molecule has 0 saturated carbocycles. The lowest BCUT2D eigenvalue weighted by atomic mass is 10.0. The number of hydrogen-bond acceptors (Lipinski definition) is 4. The van der Waals surface area contributed by atoms with Crippen LogP contribution < -0.4 is 4.90 Å². The molecule has 1 saturated heterocycles. The second-order valence-corrected chi connectivity index (χ2v) is 9.47. The summed E-state index contributed by atoms with van der Waals surface area (Å²) >= 11 is 0.